The van der Waals surface area contributed by atoms with Gasteiger partial charge in [0.25, 0.3) is 5.91 Å². The number of aromatic nitrogens is 2. The van der Waals surface area contributed by atoms with E-state index in [1.807, 2.05) is 12.1 Å². The van der Waals surface area contributed by atoms with E-state index in [0.717, 1.165) is 37.6 Å². The molecular weight excluding hydrogens is 383 g/mol. The summed E-state index contributed by atoms with van der Waals surface area (Å²) in [6.07, 6.45) is 1.50. The first-order chi connectivity index (χ1) is 14.5. The highest BCUT2D eigenvalue weighted by Gasteiger charge is 2.20. The predicted molar refractivity (Wildman–Crippen MR) is 114 cm³/mol. The number of amides is 1. The van der Waals surface area contributed by atoms with Crippen LogP contribution in [0.4, 0.5) is 10.1 Å². The molecular formula is C23H25FN4O2. The number of para-hydroxylation sites is 1. The topological polar surface area (TPSA) is 50.6 Å². The molecule has 1 aliphatic heterocycles. The number of hydrogen-bond acceptors (Lipinski definition) is 4. The van der Waals surface area contributed by atoms with Crippen LogP contribution in [0.5, 0.6) is 0 Å². The van der Waals surface area contributed by atoms with Crippen LogP contribution in [0.2, 0.25) is 0 Å². The summed E-state index contributed by atoms with van der Waals surface area (Å²) in [6.45, 7) is 5.54. The summed E-state index contributed by atoms with van der Waals surface area (Å²) in [7, 11) is 1.76. The molecule has 2 aromatic carbocycles. The zero-order valence-electron chi connectivity index (χ0n) is 17.2. The minimum Gasteiger partial charge on any atom is -0.378 e. The molecule has 7 heteroatoms. The molecule has 0 unspecified atom stereocenters. The fourth-order valence-electron chi connectivity index (χ4n) is 3.67. The molecule has 0 N–H and O–H groups in total. The van der Waals surface area contributed by atoms with Crippen LogP contribution in [0.3, 0.4) is 0 Å². The van der Waals surface area contributed by atoms with Gasteiger partial charge >= 0.3 is 0 Å². The third kappa shape index (κ3) is 4.07. The summed E-state index contributed by atoms with van der Waals surface area (Å²) in [5, 5.41) is 4.23. The van der Waals surface area contributed by atoms with E-state index in [-0.39, 0.29) is 11.7 Å². The van der Waals surface area contributed by atoms with E-state index in [4.69, 9.17) is 4.74 Å². The number of carbonyl (C=O) groups is 1. The molecule has 0 radical (unpaired) electrons. The highest BCUT2D eigenvalue weighted by molar-refractivity contribution is 5.95. The Kier molecular flexibility index (Phi) is 5.81. The van der Waals surface area contributed by atoms with Crippen molar-refractivity contribution in [3.05, 3.63) is 77.4 Å². The van der Waals surface area contributed by atoms with Gasteiger partial charge in [-0.25, -0.2) is 9.07 Å². The van der Waals surface area contributed by atoms with Crippen molar-refractivity contribution >= 4 is 11.6 Å². The first-order valence-electron chi connectivity index (χ1n) is 10.0. The van der Waals surface area contributed by atoms with Crippen LogP contribution in [-0.2, 0) is 11.3 Å². The molecule has 1 aromatic heterocycles. The van der Waals surface area contributed by atoms with Crippen molar-refractivity contribution in [3.63, 3.8) is 0 Å². The van der Waals surface area contributed by atoms with Gasteiger partial charge in [0.15, 0.2) is 0 Å². The Morgan fingerprint density at radius 3 is 2.53 bits per heavy atom. The highest BCUT2D eigenvalue weighted by atomic mass is 19.1. The molecule has 3 aromatic rings. The van der Waals surface area contributed by atoms with Gasteiger partial charge < -0.3 is 14.5 Å². The first-order valence-corrected chi connectivity index (χ1v) is 10.0. The minimum atomic E-state index is -0.378. The smallest absolute Gasteiger partial charge is 0.257 e. The lowest BCUT2D eigenvalue weighted by Gasteiger charge is -2.29. The Morgan fingerprint density at radius 2 is 1.83 bits per heavy atom. The Balaban J connectivity index is 1.46. The van der Waals surface area contributed by atoms with Crippen molar-refractivity contribution in [3.8, 4) is 5.69 Å². The summed E-state index contributed by atoms with van der Waals surface area (Å²) in [5.41, 5.74) is 3.61. The largest absolute Gasteiger partial charge is 0.378 e. The number of ether oxygens (including phenoxy) is 1. The van der Waals surface area contributed by atoms with Crippen molar-refractivity contribution < 1.29 is 13.9 Å². The normalized spacial score (nSPS) is 14.0. The lowest BCUT2D eigenvalue weighted by atomic mass is 10.1. The quantitative estimate of drug-likeness (QED) is 0.649. The minimum absolute atomic E-state index is 0.146. The number of morpholine rings is 1. The molecule has 0 atom stereocenters. The average Bonchev–Trinajstić information content (AvgIpc) is 3.15. The van der Waals surface area contributed by atoms with Crippen LogP contribution in [0.1, 0.15) is 21.6 Å². The third-order valence-corrected chi connectivity index (χ3v) is 5.40. The Hall–Kier alpha value is -3.19. The van der Waals surface area contributed by atoms with Crippen LogP contribution in [0.15, 0.2) is 54.7 Å². The van der Waals surface area contributed by atoms with Crippen molar-refractivity contribution in [2.24, 2.45) is 0 Å². The SMILES string of the molecule is Cc1c(C(=O)N(C)Cc2ccc(N3CCOCC3)cc2)cnn1-c1ccccc1F. The number of hydrogen-bond donors (Lipinski definition) is 0. The van der Waals surface area contributed by atoms with Gasteiger partial charge in [0.2, 0.25) is 0 Å². The lowest BCUT2D eigenvalue weighted by Crippen LogP contribution is -2.36. The van der Waals surface area contributed by atoms with E-state index >= 15 is 0 Å². The summed E-state index contributed by atoms with van der Waals surface area (Å²) in [6, 6.07) is 14.7. The molecule has 1 saturated heterocycles. The van der Waals surface area contributed by atoms with Crippen LogP contribution in [-0.4, -0.2) is 53.9 Å². The number of anilines is 1. The van der Waals surface area contributed by atoms with E-state index in [0.29, 0.717) is 23.5 Å². The van der Waals surface area contributed by atoms with Crippen LogP contribution in [0, 0.1) is 12.7 Å². The maximum absolute atomic E-state index is 14.1. The standard InChI is InChI=1S/C23H25FN4O2/c1-17-20(15-25-28(17)22-6-4-3-5-21(22)24)23(29)26(2)16-18-7-9-19(10-8-18)27-11-13-30-14-12-27/h3-10,15H,11-14,16H2,1-2H3. The molecule has 2 heterocycles. The second kappa shape index (κ2) is 8.67. The molecule has 6 nitrogen and oxygen atoms in total. The molecule has 156 valence electrons. The van der Waals surface area contributed by atoms with Gasteiger partial charge in [-0.2, -0.15) is 5.10 Å². The van der Waals surface area contributed by atoms with Gasteiger partial charge in [-0.3, -0.25) is 4.79 Å². The zero-order chi connectivity index (χ0) is 21.1. The van der Waals surface area contributed by atoms with Crippen LogP contribution in [0.25, 0.3) is 5.69 Å². The molecule has 1 fully saturated rings. The van der Waals surface area contributed by atoms with Gasteiger partial charge in [0, 0.05) is 32.4 Å². The highest BCUT2D eigenvalue weighted by Crippen LogP contribution is 2.20. The molecule has 4 rings (SSSR count). The van der Waals surface area contributed by atoms with Gasteiger partial charge in [-0.05, 0) is 36.8 Å². The van der Waals surface area contributed by atoms with Crippen molar-refractivity contribution in [1.82, 2.24) is 14.7 Å². The van der Waals surface area contributed by atoms with E-state index in [9.17, 15) is 9.18 Å². The Labute approximate surface area is 175 Å². The van der Waals surface area contributed by atoms with E-state index < -0.39 is 0 Å². The van der Waals surface area contributed by atoms with E-state index in [2.05, 4.69) is 22.1 Å². The number of nitrogens with zero attached hydrogens (tertiary/aromatic N) is 4. The summed E-state index contributed by atoms with van der Waals surface area (Å²) < 4.78 is 21.0. The first kappa shape index (κ1) is 20.1. The Morgan fingerprint density at radius 1 is 1.13 bits per heavy atom. The average molecular weight is 408 g/mol. The van der Waals surface area contributed by atoms with Crippen LogP contribution < -0.4 is 4.90 Å². The third-order valence-electron chi connectivity index (χ3n) is 5.40. The molecule has 1 aliphatic rings. The number of benzene rings is 2. The summed E-state index contributed by atoms with van der Waals surface area (Å²) in [5.74, 6) is -0.524. The van der Waals surface area contributed by atoms with Crippen molar-refractivity contribution in [2.75, 3.05) is 38.3 Å². The van der Waals surface area contributed by atoms with E-state index in [1.165, 1.54) is 16.9 Å². The molecule has 0 saturated carbocycles. The molecule has 1 amide bonds. The monoisotopic (exact) mass is 408 g/mol. The fraction of sp³-hybridized carbons (Fsp3) is 0.304. The second-order valence-corrected chi connectivity index (χ2v) is 7.43. The molecule has 30 heavy (non-hydrogen) atoms. The van der Waals surface area contributed by atoms with E-state index in [1.54, 1.807) is 37.1 Å². The number of halogens is 1. The van der Waals surface area contributed by atoms with Crippen molar-refractivity contribution in [2.45, 2.75) is 13.5 Å². The molecule has 0 spiro atoms. The van der Waals surface area contributed by atoms with Gasteiger partial charge in [-0.1, -0.05) is 24.3 Å². The van der Waals surface area contributed by atoms with Gasteiger partial charge in [-0.15, -0.1) is 0 Å². The molecule has 0 aliphatic carbocycles. The maximum Gasteiger partial charge on any atom is 0.257 e. The Bertz CT molecular complexity index is 1030. The second-order valence-electron chi connectivity index (χ2n) is 7.43. The van der Waals surface area contributed by atoms with Gasteiger partial charge in [0.1, 0.15) is 11.5 Å². The zero-order valence-corrected chi connectivity index (χ0v) is 17.2. The maximum atomic E-state index is 14.1. The summed E-state index contributed by atoms with van der Waals surface area (Å²) >= 11 is 0. The van der Waals surface area contributed by atoms with Crippen LogP contribution >= 0.6 is 0 Å². The molecule has 0 bridgehead atoms. The number of carbonyl (C=O) groups excluding carboxylic acids is 1. The summed E-state index contributed by atoms with van der Waals surface area (Å²) in [4.78, 5) is 16.9. The van der Waals surface area contributed by atoms with Crippen molar-refractivity contribution in [1.29, 1.82) is 0 Å². The number of rotatable bonds is 5. The predicted octanol–water partition coefficient (Wildman–Crippen LogP) is 3.43. The lowest BCUT2D eigenvalue weighted by molar-refractivity contribution is 0.0784. The fourth-order valence-corrected chi connectivity index (χ4v) is 3.67. The van der Waals surface area contributed by atoms with Gasteiger partial charge in [0.05, 0.1) is 30.7 Å².